The average molecular weight is 297 g/mol. The summed E-state index contributed by atoms with van der Waals surface area (Å²) in [5.41, 5.74) is 4.77. The van der Waals surface area contributed by atoms with Crippen LogP contribution in [-0.4, -0.2) is 42.8 Å². The summed E-state index contributed by atoms with van der Waals surface area (Å²) in [6.07, 6.45) is 0. The fourth-order valence-corrected chi connectivity index (χ4v) is 2.97. The molecule has 0 unspecified atom stereocenters. The molecule has 0 spiro atoms. The molecule has 0 saturated carbocycles. The monoisotopic (exact) mass is 297 g/mol. The van der Waals surface area contributed by atoms with E-state index < -0.39 is 35.0 Å². The number of sulfonamides is 1. The van der Waals surface area contributed by atoms with E-state index in [2.05, 4.69) is 0 Å². The lowest BCUT2D eigenvalue weighted by Crippen LogP contribution is -2.41. The molecule has 1 aromatic carbocycles. The molecular weight excluding hydrogens is 286 g/mol. The number of nitrogens with zero attached hydrogens (tertiary/aromatic N) is 2. The zero-order chi connectivity index (χ0) is 15.3. The van der Waals surface area contributed by atoms with E-state index in [1.165, 1.54) is 18.2 Å². The van der Waals surface area contributed by atoms with Crippen molar-refractivity contribution in [3.05, 3.63) is 29.8 Å². The predicted octanol–water partition coefficient (Wildman–Crippen LogP) is -0.881. The standard InChI is InChI=1S/C11H11N3O5S/c12-5-8-3-1-2-4-9(8)20(18,19)14(6-10(13)15)7-11(16)17/h1-4H,6-7H2,(H2,13,15)(H,16,17). The molecule has 0 aromatic heterocycles. The molecule has 0 heterocycles. The Morgan fingerprint density at radius 2 is 1.90 bits per heavy atom. The highest BCUT2D eigenvalue weighted by Crippen LogP contribution is 2.19. The summed E-state index contributed by atoms with van der Waals surface area (Å²) < 4.78 is 25.0. The van der Waals surface area contributed by atoms with Gasteiger partial charge in [0.05, 0.1) is 17.0 Å². The minimum atomic E-state index is -4.30. The van der Waals surface area contributed by atoms with Crippen LogP contribution in [0.1, 0.15) is 5.56 Å². The van der Waals surface area contributed by atoms with Crippen LogP contribution in [0.4, 0.5) is 0 Å². The van der Waals surface area contributed by atoms with Gasteiger partial charge in [0.25, 0.3) is 0 Å². The van der Waals surface area contributed by atoms with Gasteiger partial charge in [-0.1, -0.05) is 12.1 Å². The molecule has 0 bridgehead atoms. The maximum Gasteiger partial charge on any atom is 0.318 e. The van der Waals surface area contributed by atoms with Crippen molar-refractivity contribution in [2.45, 2.75) is 4.90 Å². The van der Waals surface area contributed by atoms with Gasteiger partial charge in [-0.3, -0.25) is 9.59 Å². The Morgan fingerprint density at radius 1 is 1.30 bits per heavy atom. The van der Waals surface area contributed by atoms with Crippen molar-refractivity contribution in [1.29, 1.82) is 5.26 Å². The highest BCUT2D eigenvalue weighted by atomic mass is 32.2. The number of rotatable bonds is 6. The summed E-state index contributed by atoms with van der Waals surface area (Å²) in [7, 11) is -4.30. The molecule has 0 radical (unpaired) electrons. The lowest BCUT2D eigenvalue weighted by Gasteiger charge is -2.19. The van der Waals surface area contributed by atoms with Gasteiger partial charge in [0.1, 0.15) is 12.6 Å². The van der Waals surface area contributed by atoms with Gasteiger partial charge in [-0.15, -0.1) is 0 Å². The van der Waals surface area contributed by atoms with Gasteiger partial charge in [0.15, 0.2) is 0 Å². The number of primary amides is 1. The van der Waals surface area contributed by atoms with Gasteiger partial charge in [-0.2, -0.15) is 9.57 Å². The summed E-state index contributed by atoms with van der Waals surface area (Å²) in [5, 5.41) is 17.6. The minimum absolute atomic E-state index is 0.146. The number of carbonyl (C=O) groups is 2. The topological polar surface area (TPSA) is 142 Å². The first-order valence-corrected chi connectivity index (χ1v) is 6.72. The van der Waals surface area contributed by atoms with E-state index in [1.807, 2.05) is 0 Å². The summed E-state index contributed by atoms with van der Waals surface area (Å²) in [6.45, 7) is -1.71. The zero-order valence-corrected chi connectivity index (χ0v) is 11.0. The normalized spacial score (nSPS) is 11.0. The van der Waals surface area contributed by atoms with Crippen molar-refractivity contribution < 1.29 is 23.1 Å². The molecule has 0 aliphatic rings. The fraction of sp³-hybridized carbons (Fsp3) is 0.182. The van der Waals surface area contributed by atoms with Gasteiger partial charge < -0.3 is 10.8 Å². The molecule has 0 atom stereocenters. The van der Waals surface area contributed by atoms with Crippen molar-refractivity contribution in [1.82, 2.24) is 4.31 Å². The van der Waals surface area contributed by atoms with Gasteiger partial charge in [0, 0.05) is 0 Å². The van der Waals surface area contributed by atoms with E-state index in [9.17, 15) is 18.0 Å². The number of hydrogen-bond donors (Lipinski definition) is 2. The van der Waals surface area contributed by atoms with Crippen molar-refractivity contribution in [3.8, 4) is 6.07 Å². The molecule has 9 heteroatoms. The fourth-order valence-electron chi connectivity index (χ4n) is 1.47. The highest BCUT2D eigenvalue weighted by molar-refractivity contribution is 7.89. The van der Waals surface area contributed by atoms with Crippen molar-refractivity contribution in [2.75, 3.05) is 13.1 Å². The molecule has 8 nitrogen and oxygen atoms in total. The summed E-state index contributed by atoms with van der Waals surface area (Å²) >= 11 is 0. The Morgan fingerprint density at radius 3 is 2.40 bits per heavy atom. The third kappa shape index (κ3) is 3.53. The smallest absolute Gasteiger partial charge is 0.318 e. The molecule has 1 rings (SSSR count). The van der Waals surface area contributed by atoms with Crippen LogP contribution in [0, 0.1) is 11.3 Å². The van der Waals surface area contributed by atoms with Crippen LogP contribution in [0.3, 0.4) is 0 Å². The minimum Gasteiger partial charge on any atom is -0.480 e. The first kappa shape index (κ1) is 15.6. The van der Waals surface area contributed by atoms with Gasteiger partial charge in [0.2, 0.25) is 15.9 Å². The van der Waals surface area contributed by atoms with Crippen LogP contribution >= 0.6 is 0 Å². The molecule has 1 aromatic rings. The number of aliphatic carboxylic acids is 1. The average Bonchev–Trinajstić information content (AvgIpc) is 2.36. The van der Waals surface area contributed by atoms with Crippen LogP contribution in [-0.2, 0) is 19.6 Å². The second-order valence-electron chi connectivity index (χ2n) is 3.74. The third-order valence-corrected chi connectivity index (χ3v) is 4.12. The Kier molecular flexibility index (Phi) is 4.79. The van der Waals surface area contributed by atoms with E-state index in [-0.39, 0.29) is 10.5 Å². The number of amides is 1. The van der Waals surface area contributed by atoms with E-state index in [4.69, 9.17) is 16.1 Å². The zero-order valence-electron chi connectivity index (χ0n) is 10.2. The lowest BCUT2D eigenvalue weighted by molar-refractivity contribution is -0.137. The lowest BCUT2D eigenvalue weighted by atomic mass is 10.2. The number of nitrogens with two attached hydrogens (primary N) is 1. The van der Waals surface area contributed by atoms with Crippen molar-refractivity contribution in [3.63, 3.8) is 0 Å². The van der Waals surface area contributed by atoms with Crippen LogP contribution in [0.15, 0.2) is 29.2 Å². The summed E-state index contributed by atoms with van der Waals surface area (Å²) in [5.74, 6) is -2.44. The molecule has 3 N–H and O–H groups in total. The van der Waals surface area contributed by atoms with E-state index in [1.54, 1.807) is 6.07 Å². The van der Waals surface area contributed by atoms with Crippen molar-refractivity contribution >= 4 is 21.9 Å². The molecule has 0 aliphatic heterocycles. The molecule has 20 heavy (non-hydrogen) atoms. The second kappa shape index (κ2) is 6.14. The third-order valence-electron chi connectivity index (χ3n) is 2.27. The Balaban J connectivity index is 3.32. The number of carboxylic acid groups (broad SMARTS) is 1. The number of carbonyl (C=O) groups excluding carboxylic acids is 1. The molecule has 106 valence electrons. The Hall–Kier alpha value is -2.44. The maximum absolute atomic E-state index is 12.3. The van der Waals surface area contributed by atoms with E-state index in [0.717, 1.165) is 6.07 Å². The molecule has 0 saturated heterocycles. The van der Waals surface area contributed by atoms with Crippen LogP contribution in [0.2, 0.25) is 0 Å². The number of nitriles is 1. The van der Waals surface area contributed by atoms with E-state index >= 15 is 0 Å². The number of carboxylic acids is 1. The molecule has 0 fully saturated rings. The first-order chi connectivity index (χ1) is 9.28. The Labute approximate surface area is 115 Å². The number of hydrogen-bond acceptors (Lipinski definition) is 5. The maximum atomic E-state index is 12.3. The van der Waals surface area contributed by atoms with Crippen LogP contribution in [0.25, 0.3) is 0 Å². The molecule has 1 amide bonds. The summed E-state index contributed by atoms with van der Waals surface area (Å²) in [4.78, 5) is 21.2. The van der Waals surface area contributed by atoms with E-state index in [0.29, 0.717) is 4.31 Å². The molecule has 0 aliphatic carbocycles. The quantitative estimate of drug-likeness (QED) is 0.698. The Bertz CT molecular complexity index is 662. The van der Waals surface area contributed by atoms with Crippen molar-refractivity contribution in [2.24, 2.45) is 5.73 Å². The SMILES string of the molecule is N#Cc1ccccc1S(=O)(=O)N(CC(N)=O)CC(=O)O. The largest absolute Gasteiger partial charge is 0.480 e. The van der Waals surface area contributed by atoms with Gasteiger partial charge >= 0.3 is 5.97 Å². The summed E-state index contributed by atoms with van der Waals surface area (Å²) in [6, 6.07) is 6.98. The van der Waals surface area contributed by atoms with Crippen LogP contribution in [0.5, 0.6) is 0 Å². The number of benzene rings is 1. The molecular formula is C11H11N3O5S. The second-order valence-corrected chi connectivity index (χ2v) is 5.65. The predicted molar refractivity (Wildman–Crippen MR) is 66.7 cm³/mol. The van der Waals surface area contributed by atoms with Gasteiger partial charge in [-0.05, 0) is 12.1 Å². The highest BCUT2D eigenvalue weighted by Gasteiger charge is 2.29. The van der Waals surface area contributed by atoms with Crippen LogP contribution < -0.4 is 5.73 Å². The van der Waals surface area contributed by atoms with Gasteiger partial charge in [-0.25, -0.2) is 8.42 Å². The first-order valence-electron chi connectivity index (χ1n) is 5.28.